The molecule has 0 bridgehead atoms. The third kappa shape index (κ3) is 4.40. The Labute approximate surface area is 146 Å². The first-order valence-electron chi connectivity index (χ1n) is 7.84. The molecule has 1 fully saturated rings. The highest BCUT2D eigenvalue weighted by Crippen LogP contribution is 2.15. The van der Waals surface area contributed by atoms with Crippen molar-refractivity contribution in [3.05, 3.63) is 35.9 Å². The number of hydrogen-bond donors (Lipinski definition) is 3. The van der Waals surface area contributed by atoms with Crippen LogP contribution in [0.15, 0.2) is 30.3 Å². The Bertz CT molecular complexity index is 643. The van der Waals surface area contributed by atoms with Gasteiger partial charge < -0.3 is 20.4 Å². The maximum Gasteiger partial charge on any atom is 0.246 e. The Kier molecular flexibility index (Phi) is 5.94. The number of hydrogen-bond acceptors (Lipinski definition) is 7. The van der Waals surface area contributed by atoms with Crippen molar-refractivity contribution in [2.45, 2.75) is 13.2 Å². The van der Waals surface area contributed by atoms with Crippen LogP contribution in [-0.4, -0.2) is 46.6 Å². The number of nitrogens with one attached hydrogen (secondary N) is 3. The molecule has 0 amide bonds. The summed E-state index contributed by atoms with van der Waals surface area (Å²) in [5.74, 6) is 1.41. The van der Waals surface area contributed by atoms with Gasteiger partial charge in [-0.15, -0.1) is 5.10 Å². The van der Waals surface area contributed by atoms with Gasteiger partial charge in [0.1, 0.15) is 6.67 Å². The molecule has 3 rings (SSSR count). The fourth-order valence-corrected chi connectivity index (χ4v) is 2.49. The first-order valence-corrected chi connectivity index (χ1v) is 8.31. The van der Waals surface area contributed by atoms with Crippen LogP contribution in [0.3, 0.4) is 0 Å². The number of nitrogens with zero attached hydrogens (tertiary/aromatic N) is 4. The molecule has 0 atom stereocenters. The fraction of sp³-hybridized carbons (Fsp3) is 0.400. The van der Waals surface area contributed by atoms with E-state index < -0.39 is 0 Å². The molecule has 2 heterocycles. The summed E-state index contributed by atoms with van der Waals surface area (Å²) >= 11 is 4.74. The third-order valence-corrected chi connectivity index (χ3v) is 3.76. The second kappa shape index (κ2) is 8.57. The number of aromatic nitrogens is 3. The topological polar surface area (TPSA) is 79.3 Å². The molecule has 0 saturated carbocycles. The zero-order chi connectivity index (χ0) is 16.6. The summed E-state index contributed by atoms with van der Waals surface area (Å²) in [5, 5.41) is 7.92. The highest BCUT2D eigenvalue weighted by molar-refractivity contribution is 7.78. The highest BCUT2D eigenvalue weighted by atomic mass is 32.1. The molecule has 1 aliphatic heterocycles. The lowest BCUT2D eigenvalue weighted by atomic mass is 10.2. The van der Waals surface area contributed by atoms with Crippen LogP contribution in [-0.2, 0) is 18.0 Å². The Balaban J connectivity index is 1.71. The fourth-order valence-electron chi connectivity index (χ4n) is 2.41. The van der Waals surface area contributed by atoms with Crippen LogP contribution in [0.1, 0.15) is 5.56 Å². The van der Waals surface area contributed by atoms with Gasteiger partial charge in [0, 0.05) is 19.6 Å². The van der Waals surface area contributed by atoms with E-state index in [9.17, 15) is 0 Å². The van der Waals surface area contributed by atoms with Crippen molar-refractivity contribution in [3.63, 3.8) is 0 Å². The minimum Gasteiger partial charge on any atom is -0.378 e. The normalized spacial score (nSPS) is 14.4. The third-order valence-electron chi connectivity index (χ3n) is 3.64. The summed E-state index contributed by atoms with van der Waals surface area (Å²) in [6.07, 6.45) is 0. The van der Waals surface area contributed by atoms with E-state index in [4.69, 9.17) is 17.0 Å². The number of morpholine rings is 1. The lowest BCUT2D eigenvalue weighted by molar-refractivity contribution is 0.122. The summed E-state index contributed by atoms with van der Waals surface area (Å²) in [6, 6.07) is 10.2. The molecular weight excluding hydrogens is 326 g/mol. The van der Waals surface area contributed by atoms with Crippen molar-refractivity contribution in [1.29, 1.82) is 0 Å². The molecule has 1 aromatic heterocycles. The molecule has 9 heteroatoms. The number of benzene rings is 1. The van der Waals surface area contributed by atoms with Crippen LogP contribution in [0, 0.1) is 0 Å². The van der Waals surface area contributed by atoms with Crippen molar-refractivity contribution < 1.29 is 4.74 Å². The Morgan fingerprint density at radius 1 is 1.21 bits per heavy atom. The monoisotopic (exact) mass is 347 g/mol. The van der Waals surface area contributed by atoms with Crippen molar-refractivity contribution in [2.24, 2.45) is 0 Å². The average molecular weight is 347 g/mol. The first-order chi connectivity index (χ1) is 11.9. The largest absolute Gasteiger partial charge is 0.378 e. The molecule has 0 spiro atoms. The zero-order valence-corrected chi connectivity index (χ0v) is 14.1. The number of ether oxygens (including phenoxy) is 1. The summed E-state index contributed by atoms with van der Waals surface area (Å²) in [7, 11) is 0. The molecule has 2 aromatic rings. The summed E-state index contributed by atoms with van der Waals surface area (Å²) < 4.78 is 7.16. The number of hydrazine groups is 1. The number of thiocarbonyl (C=S) groups is 1. The van der Waals surface area contributed by atoms with E-state index in [0.29, 0.717) is 38.3 Å². The lowest BCUT2D eigenvalue weighted by Crippen LogP contribution is -2.37. The number of anilines is 2. The first kappa shape index (κ1) is 16.6. The molecule has 0 aliphatic carbocycles. The molecule has 0 radical (unpaired) electrons. The van der Waals surface area contributed by atoms with Gasteiger partial charge in [0.25, 0.3) is 0 Å². The van der Waals surface area contributed by atoms with Gasteiger partial charge in [-0.2, -0.15) is 4.98 Å². The molecule has 24 heavy (non-hydrogen) atoms. The predicted octanol–water partition coefficient (Wildman–Crippen LogP) is 0.736. The van der Waals surface area contributed by atoms with Crippen molar-refractivity contribution in [3.8, 4) is 0 Å². The molecule has 8 nitrogen and oxygen atoms in total. The quantitative estimate of drug-likeness (QED) is 0.367. The molecule has 128 valence electrons. The molecule has 1 saturated heterocycles. The van der Waals surface area contributed by atoms with Crippen LogP contribution >= 0.6 is 12.2 Å². The van der Waals surface area contributed by atoms with E-state index in [0.717, 1.165) is 13.1 Å². The van der Waals surface area contributed by atoms with Gasteiger partial charge in [0.2, 0.25) is 11.9 Å². The smallest absolute Gasteiger partial charge is 0.246 e. The minimum atomic E-state index is 0.446. The van der Waals surface area contributed by atoms with E-state index in [1.54, 1.807) is 4.68 Å². The zero-order valence-electron chi connectivity index (χ0n) is 13.3. The molecule has 0 unspecified atom stereocenters. The maximum atomic E-state index is 5.39. The SMILES string of the molecule is S=CNNCn1nc(N2CCOCC2)nc1NCc1ccccc1. The van der Waals surface area contributed by atoms with E-state index >= 15 is 0 Å². The van der Waals surface area contributed by atoms with Crippen LogP contribution in [0.4, 0.5) is 11.9 Å². The van der Waals surface area contributed by atoms with Gasteiger partial charge >= 0.3 is 0 Å². The van der Waals surface area contributed by atoms with Gasteiger partial charge in [-0.05, 0) is 5.56 Å². The Morgan fingerprint density at radius 3 is 2.75 bits per heavy atom. The highest BCUT2D eigenvalue weighted by Gasteiger charge is 2.18. The molecule has 1 aliphatic rings. The van der Waals surface area contributed by atoms with Crippen molar-refractivity contribution >= 4 is 29.6 Å². The maximum absolute atomic E-state index is 5.39. The van der Waals surface area contributed by atoms with Crippen LogP contribution < -0.4 is 21.1 Å². The Morgan fingerprint density at radius 2 is 2.00 bits per heavy atom. The second-order valence-electron chi connectivity index (χ2n) is 5.27. The van der Waals surface area contributed by atoms with Crippen molar-refractivity contribution in [1.82, 2.24) is 25.6 Å². The van der Waals surface area contributed by atoms with Crippen LogP contribution in [0.25, 0.3) is 0 Å². The second-order valence-corrected chi connectivity index (χ2v) is 5.51. The summed E-state index contributed by atoms with van der Waals surface area (Å²) in [5.41, 5.74) is 8.35. The van der Waals surface area contributed by atoms with E-state index in [-0.39, 0.29) is 0 Å². The minimum absolute atomic E-state index is 0.446. The van der Waals surface area contributed by atoms with Gasteiger partial charge in [-0.3, -0.25) is 0 Å². The van der Waals surface area contributed by atoms with Crippen molar-refractivity contribution in [2.75, 3.05) is 36.5 Å². The van der Waals surface area contributed by atoms with Gasteiger partial charge in [-0.25, -0.2) is 10.1 Å². The molecular formula is C15H21N7OS. The van der Waals surface area contributed by atoms with Crippen LogP contribution in [0.2, 0.25) is 0 Å². The number of rotatable bonds is 8. The average Bonchev–Trinajstić information content (AvgIpc) is 3.05. The molecule has 3 N–H and O–H groups in total. The Hall–Kier alpha value is -2.23. The lowest BCUT2D eigenvalue weighted by Gasteiger charge is -2.25. The van der Waals surface area contributed by atoms with E-state index in [1.807, 2.05) is 18.2 Å². The summed E-state index contributed by atoms with van der Waals surface area (Å²) in [4.78, 5) is 6.76. The standard InChI is InChI=1S/C15H21N7OS/c24-12-18-17-11-22-14(16-10-13-4-2-1-3-5-13)19-15(20-22)21-6-8-23-9-7-21/h1-5,12,17H,6-11H2,(H,18,24)(H,16,19,20). The van der Waals surface area contributed by atoms with E-state index in [1.165, 1.54) is 11.1 Å². The van der Waals surface area contributed by atoms with Gasteiger partial charge in [0.15, 0.2) is 0 Å². The van der Waals surface area contributed by atoms with Crippen LogP contribution in [0.5, 0.6) is 0 Å². The van der Waals surface area contributed by atoms with Gasteiger partial charge in [-0.1, -0.05) is 42.5 Å². The predicted molar refractivity (Wildman–Crippen MR) is 96.7 cm³/mol. The summed E-state index contributed by atoms with van der Waals surface area (Å²) in [6.45, 7) is 4.13. The van der Waals surface area contributed by atoms with E-state index in [2.05, 4.69) is 43.3 Å². The molecule has 1 aromatic carbocycles. The van der Waals surface area contributed by atoms with Gasteiger partial charge in [0.05, 0.1) is 18.7 Å².